The van der Waals surface area contributed by atoms with Crippen LogP contribution in [0.4, 0.5) is 0 Å². The van der Waals surface area contributed by atoms with Crippen LogP contribution in [0, 0.1) is 0 Å². The number of benzene rings is 2. The molecule has 1 saturated carbocycles. The molecule has 0 aliphatic heterocycles. The Balaban J connectivity index is 1.81. The fourth-order valence-electron chi connectivity index (χ4n) is 2.55. The molecule has 1 aliphatic rings. The predicted octanol–water partition coefficient (Wildman–Crippen LogP) is 3.37. The van der Waals surface area contributed by atoms with Gasteiger partial charge < -0.3 is 4.74 Å². The van der Waals surface area contributed by atoms with Gasteiger partial charge in [-0.2, -0.15) is 0 Å². The van der Waals surface area contributed by atoms with Gasteiger partial charge in [0.15, 0.2) is 0 Å². The predicted molar refractivity (Wildman–Crippen MR) is 74.3 cm³/mol. The van der Waals surface area contributed by atoms with Crippen LogP contribution in [0.5, 0.6) is 5.75 Å². The Morgan fingerprint density at radius 3 is 2.11 bits per heavy atom. The lowest BCUT2D eigenvalue weighted by Crippen LogP contribution is -2.49. The summed E-state index contributed by atoms with van der Waals surface area (Å²) in [6.45, 7) is 0.430. The molecule has 1 atom stereocenters. The van der Waals surface area contributed by atoms with Crippen molar-refractivity contribution >= 4 is 5.78 Å². The van der Waals surface area contributed by atoms with Crippen molar-refractivity contribution in [1.82, 2.24) is 0 Å². The van der Waals surface area contributed by atoms with Crippen molar-refractivity contribution in [1.29, 1.82) is 0 Å². The Labute approximate surface area is 113 Å². The third kappa shape index (κ3) is 2.14. The highest BCUT2D eigenvalue weighted by Crippen LogP contribution is 2.40. The van der Waals surface area contributed by atoms with Crippen molar-refractivity contribution in [2.75, 3.05) is 6.61 Å². The Kier molecular flexibility index (Phi) is 3.08. The van der Waals surface area contributed by atoms with Crippen LogP contribution in [0.15, 0.2) is 60.7 Å². The first-order chi connectivity index (χ1) is 9.31. The average molecular weight is 252 g/mol. The van der Waals surface area contributed by atoms with E-state index in [1.54, 1.807) is 0 Å². The standard InChI is InChI=1S/C17H16O2/c18-16-11-12-17(16,14-7-3-1-4-8-14)13-19-15-9-5-2-6-10-15/h1-10H,11-13H2. The second kappa shape index (κ2) is 4.88. The summed E-state index contributed by atoms with van der Waals surface area (Å²) in [7, 11) is 0. The average Bonchev–Trinajstić information content (AvgIpc) is 2.48. The molecule has 0 saturated heterocycles. The molecule has 1 fully saturated rings. The van der Waals surface area contributed by atoms with E-state index in [1.165, 1.54) is 0 Å². The second-order valence-electron chi connectivity index (χ2n) is 4.97. The van der Waals surface area contributed by atoms with Gasteiger partial charge in [-0.25, -0.2) is 0 Å². The molecule has 0 aromatic heterocycles. The molecule has 0 heterocycles. The number of hydrogen-bond acceptors (Lipinski definition) is 2. The monoisotopic (exact) mass is 252 g/mol. The highest BCUT2D eigenvalue weighted by Gasteiger charge is 2.48. The molecule has 2 heteroatoms. The summed E-state index contributed by atoms with van der Waals surface area (Å²) in [5.74, 6) is 1.10. The lowest BCUT2D eigenvalue weighted by atomic mass is 9.64. The van der Waals surface area contributed by atoms with Crippen molar-refractivity contribution in [3.63, 3.8) is 0 Å². The highest BCUT2D eigenvalue weighted by molar-refractivity contribution is 5.96. The molecule has 19 heavy (non-hydrogen) atoms. The summed E-state index contributed by atoms with van der Waals surface area (Å²) in [5.41, 5.74) is 0.638. The lowest BCUT2D eigenvalue weighted by molar-refractivity contribution is -0.133. The van der Waals surface area contributed by atoms with Crippen LogP contribution in [0.3, 0.4) is 0 Å². The van der Waals surface area contributed by atoms with Gasteiger partial charge in [-0.15, -0.1) is 0 Å². The summed E-state index contributed by atoms with van der Waals surface area (Å²) in [5, 5.41) is 0. The van der Waals surface area contributed by atoms with Gasteiger partial charge in [-0.1, -0.05) is 48.5 Å². The van der Waals surface area contributed by atoms with Crippen LogP contribution in [0.25, 0.3) is 0 Å². The van der Waals surface area contributed by atoms with Crippen LogP contribution >= 0.6 is 0 Å². The maximum Gasteiger partial charge on any atom is 0.146 e. The summed E-state index contributed by atoms with van der Waals surface area (Å²) in [6, 6.07) is 19.6. The van der Waals surface area contributed by atoms with Crippen molar-refractivity contribution in [3.05, 3.63) is 66.2 Å². The smallest absolute Gasteiger partial charge is 0.146 e. The molecule has 0 radical (unpaired) electrons. The molecule has 0 bridgehead atoms. The molecule has 2 aromatic rings. The summed E-state index contributed by atoms with van der Waals surface area (Å²) in [6.07, 6.45) is 1.54. The summed E-state index contributed by atoms with van der Waals surface area (Å²) >= 11 is 0. The highest BCUT2D eigenvalue weighted by atomic mass is 16.5. The molecule has 0 amide bonds. The maximum atomic E-state index is 12.1. The van der Waals surface area contributed by atoms with E-state index >= 15 is 0 Å². The molecule has 2 aromatic carbocycles. The van der Waals surface area contributed by atoms with E-state index in [0.29, 0.717) is 13.0 Å². The summed E-state index contributed by atoms with van der Waals surface area (Å²) in [4.78, 5) is 12.1. The molecular weight excluding hydrogens is 236 g/mol. The first-order valence-electron chi connectivity index (χ1n) is 6.58. The molecular formula is C17H16O2. The Bertz CT molecular complexity index is 562. The van der Waals surface area contributed by atoms with E-state index < -0.39 is 5.41 Å². The topological polar surface area (TPSA) is 26.3 Å². The maximum absolute atomic E-state index is 12.1. The van der Waals surface area contributed by atoms with Crippen LogP contribution in [0.1, 0.15) is 18.4 Å². The van der Waals surface area contributed by atoms with Crippen molar-refractivity contribution < 1.29 is 9.53 Å². The minimum absolute atomic E-state index is 0.287. The molecule has 96 valence electrons. The Morgan fingerprint density at radius 2 is 1.58 bits per heavy atom. The van der Waals surface area contributed by atoms with Crippen LogP contribution in [0.2, 0.25) is 0 Å². The van der Waals surface area contributed by atoms with Gasteiger partial charge in [0.05, 0.1) is 5.41 Å². The van der Waals surface area contributed by atoms with E-state index in [2.05, 4.69) is 0 Å². The van der Waals surface area contributed by atoms with E-state index in [9.17, 15) is 4.79 Å². The Hall–Kier alpha value is -2.09. The quantitative estimate of drug-likeness (QED) is 0.834. The number of rotatable bonds is 4. The van der Waals surface area contributed by atoms with Crippen molar-refractivity contribution in [3.8, 4) is 5.75 Å². The number of ether oxygens (including phenoxy) is 1. The zero-order valence-electron chi connectivity index (χ0n) is 10.7. The van der Waals surface area contributed by atoms with Gasteiger partial charge in [0.2, 0.25) is 0 Å². The number of para-hydroxylation sites is 1. The van der Waals surface area contributed by atoms with Gasteiger partial charge in [-0.05, 0) is 24.1 Å². The van der Waals surface area contributed by atoms with Crippen LogP contribution in [-0.2, 0) is 10.2 Å². The minimum atomic E-state index is -0.433. The zero-order chi connectivity index (χ0) is 13.1. The number of Topliss-reactive ketones (excluding diaryl/α,β-unsaturated/α-hetero) is 1. The molecule has 0 spiro atoms. The van der Waals surface area contributed by atoms with Crippen molar-refractivity contribution in [2.24, 2.45) is 0 Å². The number of carbonyl (C=O) groups excluding carboxylic acids is 1. The normalized spacial score (nSPS) is 21.8. The number of hydrogen-bond donors (Lipinski definition) is 0. The van der Waals surface area contributed by atoms with E-state index in [-0.39, 0.29) is 5.78 Å². The Morgan fingerprint density at radius 1 is 0.947 bits per heavy atom. The fraction of sp³-hybridized carbons (Fsp3) is 0.235. The third-order valence-corrected chi connectivity index (χ3v) is 3.87. The van der Waals surface area contributed by atoms with Gasteiger partial charge in [0, 0.05) is 6.42 Å². The molecule has 0 N–H and O–H groups in total. The minimum Gasteiger partial charge on any atom is -0.492 e. The van der Waals surface area contributed by atoms with Gasteiger partial charge in [0.25, 0.3) is 0 Å². The van der Waals surface area contributed by atoms with Gasteiger partial charge >= 0.3 is 0 Å². The fourth-order valence-corrected chi connectivity index (χ4v) is 2.55. The SMILES string of the molecule is O=C1CCC1(COc1ccccc1)c1ccccc1. The summed E-state index contributed by atoms with van der Waals surface area (Å²) < 4.78 is 5.82. The van der Waals surface area contributed by atoms with Gasteiger partial charge in [-0.3, -0.25) is 4.79 Å². The second-order valence-corrected chi connectivity index (χ2v) is 4.97. The van der Waals surface area contributed by atoms with E-state index in [0.717, 1.165) is 17.7 Å². The number of carbonyl (C=O) groups is 1. The third-order valence-electron chi connectivity index (χ3n) is 3.87. The van der Waals surface area contributed by atoms with Crippen molar-refractivity contribution in [2.45, 2.75) is 18.3 Å². The van der Waals surface area contributed by atoms with Crippen LogP contribution in [-0.4, -0.2) is 12.4 Å². The molecule has 2 nitrogen and oxygen atoms in total. The van der Waals surface area contributed by atoms with Gasteiger partial charge in [0.1, 0.15) is 18.1 Å². The molecule has 1 unspecified atom stereocenters. The molecule has 3 rings (SSSR count). The lowest BCUT2D eigenvalue weighted by Gasteiger charge is -2.40. The number of ketones is 1. The molecule has 1 aliphatic carbocycles. The first kappa shape index (κ1) is 12.0. The first-order valence-corrected chi connectivity index (χ1v) is 6.58. The zero-order valence-corrected chi connectivity index (χ0v) is 10.7. The van der Waals surface area contributed by atoms with E-state index in [1.807, 2.05) is 60.7 Å². The van der Waals surface area contributed by atoms with E-state index in [4.69, 9.17) is 4.74 Å². The van der Waals surface area contributed by atoms with Crippen LogP contribution < -0.4 is 4.74 Å². The largest absolute Gasteiger partial charge is 0.492 e.